The number of nitrogens with zero attached hydrogens (tertiary/aromatic N) is 1. The first-order valence-electron chi connectivity index (χ1n) is 6.79. The van der Waals surface area contributed by atoms with Gasteiger partial charge in [-0.3, -0.25) is 4.79 Å². The molecule has 0 fully saturated rings. The SMILES string of the molecule is CNc1ccc(C(=O)N(C)Cc2ccc(F)cc2)c(C)c1. The van der Waals surface area contributed by atoms with Crippen molar-refractivity contribution < 1.29 is 9.18 Å². The Bertz CT molecular complexity index is 638. The molecule has 1 N–H and O–H groups in total. The summed E-state index contributed by atoms with van der Waals surface area (Å²) >= 11 is 0. The molecule has 0 saturated heterocycles. The van der Waals surface area contributed by atoms with E-state index in [0.717, 1.165) is 16.8 Å². The molecule has 0 aliphatic carbocycles. The van der Waals surface area contributed by atoms with E-state index in [1.165, 1.54) is 12.1 Å². The first-order chi connectivity index (χ1) is 10.0. The molecule has 0 unspecified atom stereocenters. The van der Waals surface area contributed by atoms with E-state index in [1.54, 1.807) is 24.1 Å². The summed E-state index contributed by atoms with van der Waals surface area (Å²) in [5.41, 5.74) is 3.48. The Hall–Kier alpha value is -2.36. The van der Waals surface area contributed by atoms with Crippen molar-refractivity contribution in [1.82, 2.24) is 4.90 Å². The molecule has 2 aromatic rings. The van der Waals surface area contributed by atoms with Gasteiger partial charge >= 0.3 is 0 Å². The number of anilines is 1. The molecule has 4 heteroatoms. The number of carbonyl (C=O) groups excluding carboxylic acids is 1. The summed E-state index contributed by atoms with van der Waals surface area (Å²) < 4.78 is 12.9. The molecule has 0 aliphatic rings. The number of benzene rings is 2. The molecule has 0 bridgehead atoms. The van der Waals surface area contributed by atoms with E-state index in [2.05, 4.69) is 5.32 Å². The predicted molar refractivity (Wildman–Crippen MR) is 82.9 cm³/mol. The van der Waals surface area contributed by atoms with Gasteiger partial charge in [0.2, 0.25) is 0 Å². The van der Waals surface area contributed by atoms with Crippen LogP contribution in [0.5, 0.6) is 0 Å². The lowest BCUT2D eigenvalue weighted by Gasteiger charge is -2.19. The van der Waals surface area contributed by atoms with Gasteiger partial charge in [-0.25, -0.2) is 4.39 Å². The number of nitrogens with one attached hydrogen (secondary N) is 1. The quantitative estimate of drug-likeness (QED) is 0.933. The molecule has 21 heavy (non-hydrogen) atoms. The van der Waals surface area contributed by atoms with Gasteiger partial charge in [0.05, 0.1) is 0 Å². The van der Waals surface area contributed by atoms with E-state index in [0.29, 0.717) is 12.1 Å². The molecule has 2 rings (SSSR count). The van der Waals surface area contributed by atoms with Gasteiger partial charge in [0.25, 0.3) is 5.91 Å². The molecular formula is C17H19FN2O. The van der Waals surface area contributed by atoms with E-state index < -0.39 is 0 Å². The van der Waals surface area contributed by atoms with Crippen molar-refractivity contribution in [2.24, 2.45) is 0 Å². The molecule has 3 nitrogen and oxygen atoms in total. The summed E-state index contributed by atoms with van der Waals surface area (Å²) in [6.45, 7) is 2.37. The fourth-order valence-corrected chi connectivity index (χ4v) is 2.20. The molecule has 1 amide bonds. The van der Waals surface area contributed by atoms with Crippen LogP contribution in [-0.2, 0) is 6.54 Å². The van der Waals surface area contributed by atoms with Crippen LogP contribution in [0.25, 0.3) is 0 Å². The zero-order valence-electron chi connectivity index (χ0n) is 12.5. The standard InChI is InChI=1S/C17H19FN2O/c1-12-10-15(19-2)8-9-16(12)17(21)20(3)11-13-4-6-14(18)7-5-13/h4-10,19H,11H2,1-3H3. The largest absolute Gasteiger partial charge is 0.388 e. The molecule has 0 aliphatic heterocycles. The molecule has 110 valence electrons. The molecule has 0 aromatic heterocycles. The van der Waals surface area contributed by atoms with Gasteiger partial charge < -0.3 is 10.2 Å². The third kappa shape index (κ3) is 3.60. The number of amides is 1. The van der Waals surface area contributed by atoms with E-state index in [9.17, 15) is 9.18 Å². The van der Waals surface area contributed by atoms with Gasteiger partial charge in [0.15, 0.2) is 0 Å². The average Bonchev–Trinajstić information content (AvgIpc) is 2.48. The van der Waals surface area contributed by atoms with Gasteiger partial charge in [0, 0.05) is 31.9 Å². The zero-order chi connectivity index (χ0) is 15.4. The van der Waals surface area contributed by atoms with Crippen LogP contribution in [0, 0.1) is 12.7 Å². The van der Waals surface area contributed by atoms with Crippen LogP contribution in [0.2, 0.25) is 0 Å². The minimum Gasteiger partial charge on any atom is -0.388 e. The van der Waals surface area contributed by atoms with Gasteiger partial charge in [-0.2, -0.15) is 0 Å². The molecule has 0 heterocycles. The summed E-state index contributed by atoms with van der Waals surface area (Å²) in [7, 11) is 3.59. The number of aryl methyl sites for hydroxylation is 1. The number of carbonyl (C=O) groups is 1. The van der Waals surface area contributed by atoms with Crippen LogP contribution in [0.4, 0.5) is 10.1 Å². The highest BCUT2D eigenvalue weighted by atomic mass is 19.1. The Morgan fingerprint density at radius 3 is 2.43 bits per heavy atom. The lowest BCUT2D eigenvalue weighted by atomic mass is 10.1. The van der Waals surface area contributed by atoms with Gasteiger partial charge in [-0.05, 0) is 48.4 Å². The third-order valence-electron chi connectivity index (χ3n) is 3.43. The molecule has 0 radical (unpaired) electrons. The molecule has 0 spiro atoms. The first-order valence-corrected chi connectivity index (χ1v) is 6.79. The van der Waals surface area contributed by atoms with Gasteiger partial charge in [0.1, 0.15) is 5.82 Å². The monoisotopic (exact) mass is 286 g/mol. The van der Waals surface area contributed by atoms with E-state index in [-0.39, 0.29) is 11.7 Å². The zero-order valence-corrected chi connectivity index (χ0v) is 12.5. The predicted octanol–water partition coefficient (Wildman–Crippen LogP) is 3.45. The highest BCUT2D eigenvalue weighted by molar-refractivity contribution is 5.95. The number of hydrogen-bond acceptors (Lipinski definition) is 2. The Morgan fingerprint density at radius 2 is 1.86 bits per heavy atom. The highest BCUT2D eigenvalue weighted by Crippen LogP contribution is 2.17. The van der Waals surface area contributed by atoms with Crippen molar-refractivity contribution in [3.63, 3.8) is 0 Å². The fourth-order valence-electron chi connectivity index (χ4n) is 2.20. The van der Waals surface area contributed by atoms with Crippen LogP contribution in [0.15, 0.2) is 42.5 Å². The minimum atomic E-state index is -0.272. The maximum atomic E-state index is 12.9. The molecular weight excluding hydrogens is 267 g/mol. The summed E-state index contributed by atoms with van der Waals surface area (Å²) in [6, 6.07) is 11.8. The lowest BCUT2D eigenvalue weighted by Crippen LogP contribution is -2.26. The topological polar surface area (TPSA) is 32.3 Å². The summed E-state index contributed by atoms with van der Waals surface area (Å²) in [6.07, 6.45) is 0. The van der Waals surface area contributed by atoms with Crippen LogP contribution >= 0.6 is 0 Å². The minimum absolute atomic E-state index is 0.0421. The molecule has 0 atom stereocenters. The number of rotatable bonds is 4. The maximum absolute atomic E-state index is 12.9. The van der Waals surface area contributed by atoms with E-state index in [1.807, 2.05) is 32.2 Å². The Kier molecular flexibility index (Phi) is 4.58. The number of hydrogen-bond donors (Lipinski definition) is 1. The van der Waals surface area contributed by atoms with Crippen LogP contribution in [0.1, 0.15) is 21.5 Å². The van der Waals surface area contributed by atoms with E-state index in [4.69, 9.17) is 0 Å². The first kappa shape index (κ1) is 15.0. The number of halogens is 1. The van der Waals surface area contributed by atoms with Crippen LogP contribution in [0.3, 0.4) is 0 Å². The van der Waals surface area contributed by atoms with Crippen molar-refractivity contribution in [2.75, 3.05) is 19.4 Å². The average molecular weight is 286 g/mol. The van der Waals surface area contributed by atoms with Crippen LogP contribution in [-0.4, -0.2) is 24.9 Å². The molecule has 2 aromatic carbocycles. The van der Waals surface area contributed by atoms with Crippen molar-refractivity contribution >= 4 is 11.6 Å². The van der Waals surface area contributed by atoms with Crippen molar-refractivity contribution in [3.8, 4) is 0 Å². The van der Waals surface area contributed by atoms with Crippen molar-refractivity contribution in [3.05, 3.63) is 65.0 Å². The Labute approximate surface area is 124 Å². The highest BCUT2D eigenvalue weighted by Gasteiger charge is 2.14. The smallest absolute Gasteiger partial charge is 0.254 e. The summed E-state index contributed by atoms with van der Waals surface area (Å²) in [5, 5.41) is 3.05. The second-order valence-corrected chi connectivity index (χ2v) is 5.07. The van der Waals surface area contributed by atoms with E-state index >= 15 is 0 Å². The second-order valence-electron chi connectivity index (χ2n) is 5.07. The summed E-state index contributed by atoms with van der Waals surface area (Å²) in [4.78, 5) is 14.1. The van der Waals surface area contributed by atoms with Crippen LogP contribution < -0.4 is 5.32 Å². The van der Waals surface area contributed by atoms with Crippen molar-refractivity contribution in [2.45, 2.75) is 13.5 Å². The fraction of sp³-hybridized carbons (Fsp3) is 0.235. The maximum Gasteiger partial charge on any atom is 0.254 e. The Balaban J connectivity index is 2.13. The van der Waals surface area contributed by atoms with Crippen molar-refractivity contribution in [1.29, 1.82) is 0 Å². The normalized spacial score (nSPS) is 10.3. The summed E-state index contributed by atoms with van der Waals surface area (Å²) in [5.74, 6) is -0.314. The lowest BCUT2D eigenvalue weighted by molar-refractivity contribution is 0.0784. The van der Waals surface area contributed by atoms with Gasteiger partial charge in [-0.15, -0.1) is 0 Å². The third-order valence-corrected chi connectivity index (χ3v) is 3.43. The van der Waals surface area contributed by atoms with Gasteiger partial charge in [-0.1, -0.05) is 12.1 Å². The second kappa shape index (κ2) is 6.39. The molecule has 0 saturated carbocycles. The Morgan fingerprint density at radius 1 is 1.19 bits per heavy atom.